The summed E-state index contributed by atoms with van der Waals surface area (Å²) in [5.41, 5.74) is 0. The van der Waals surface area contributed by atoms with Crippen LogP contribution in [0.25, 0.3) is 0 Å². The molecule has 48 heteroatoms. The fraction of sp³-hybridized carbons (Fsp3) is 1.00. The Bertz CT molecular complexity index is 966. The van der Waals surface area contributed by atoms with E-state index < -0.39 is 111 Å². The molecule has 0 unspecified atom stereocenters. The Hall–Kier alpha value is 0.119. The van der Waals surface area contributed by atoms with Crippen molar-refractivity contribution in [1.82, 2.24) is 0 Å². The van der Waals surface area contributed by atoms with Crippen molar-refractivity contribution in [3.05, 3.63) is 0 Å². The summed E-state index contributed by atoms with van der Waals surface area (Å²) < 4.78 is 411. The minimum Gasteiger partial charge on any atom is -0.839 e. The summed E-state index contributed by atoms with van der Waals surface area (Å²) in [6.45, 7) is 2.76. The Balaban J connectivity index is -0.0000000793. The molecule has 0 aromatic heterocycles. The van der Waals surface area contributed by atoms with Gasteiger partial charge in [-0.3, -0.25) is 0 Å². The molecule has 0 spiro atoms. The zero-order valence-electron chi connectivity index (χ0n) is 34.5. The quantitative estimate of drug-likeness (QED) is 0.241. The van der Waals surface area contributed by atoms with E-state index in [-0.39, 0.29) is 93.8 Å². The van der Waals surface area contributed by atoms with Crippen molar-refractivity contribution in [2.45, 2.75) is 111 Å². The van der Waals surface area contributed by atoms with Crippen LogP contribution < -0.4 is 30.6 Å². The first kappa shape index (κ1) is 96.4. The molecule has 0 aliphatic heterocycles. The molecular formula is C26H26F36O10Yb2. The Morgan fingerprint density at radius 3 is 0.270 bits per heavy atom. The van der Waals surface area contributed by atoms with Gasteiger partial charge in [-0.2, -0.15) is 158 Å². The van der Waals surface area contributed by atoms with E-state index in [4.69, 9.17) is 0 Å². The third kappa shape index (κ3) is 59.8. The van der Waals surface area contributed by atoms with E-state index in [0.29, 0.717) is 26.4 Å². The molecule has 0 saturated carbocycles. The van der Waals surface area contributed by atoms with Gasteiger partial charge in [0.2, 0.25) is 0 Å². The Kier molecular flexibility index (Phi) is 51.5. The molecule has 74 heavy (non-hydrogen) atoms. The van der Waals surface area contributed by atoms with Crippen LogP contribution in [0.5, 0.6) is 0 Å². The van der Waals surface area contributed by atoms with Crippen molar-refractivity contribution < 1.29 is 301 Å². The zero-order valence-corrected chi connectivity index (χ0v) is 37.9. The van der Waals surface area contributed by atoms with Crippen LogP contribution in [0.2, 0.25) is 0 Å². The van der Waals surface area contributed by atoms with Crippen LogP contribution in [0.4, 0.5) is 158 Å². The molecule has 10 nitrogen and oxygen atoms in total. The average molecular weight is 1530 g/mol. The first-order valence-electron chi connectivity index (χ1n) is 15.5. The van der Waals surface area contributed by atoms with Crippen molar-refractivity contribution in [2.75, 3.05) is 54.9 Å². The molecule has 0 aromatic rings. The molecule has 2 radical (unpaired) electrons. The summed E-state index contributed by atoms with van der Waals surface area (Å²) in [6, 6.07) is 0. The largest absolute Gasteiger partial charge is 3.00 e. The van der Waals surface area contributed by atoms with Gasteiger partial charge in [0.05, 0.1) is 63.1 Å². The summed E-state index contributed by atoms with van der Waals surface area (Å²) in [7, 11) is 6.61. The second kappa shape index (κ2) is 39.5. The number of hydrogen-bond acceptors (Lipinski definition) is 10. The van der Waals surface area contributed by atoms with E-state index in [1.807, 2.05) is 0 Å². The number of halogens is 36. The minimum atomic E-state index is -5.74. The van der Waals surface area contributed by atoms with Gasteiger partial charge in [0.15, 0.2) is 0 Å². The second-order valence-corrected chi connectivity index (χ2v) is 10.8. The number of alkyl halides is 36. The van der Waals surface area contributed by atoms with Gasteiger partial charge in [-0.25, -0.2) is 0 Å². The maximum absolute atomic E-state index is 10.9. The summed E-state index contributed by atoms with van der Waals surface area (Å²) >= 11 is 0. The van der Waals surface area contributed by atoms with Gasteiger partial charge in [-0.1, -0.05) is 0 Å². The van der Waals surface area contributed by atoms with Crippen LogP contribution >= 0.6 is 0 Å². The van der Waals surface area contributed by atoms with Crippen LogP contribution in [0.3, 0.4) is 0 Å². The fourth-order valence-electron chi connectivity index (χ4n) is 1.45. The topological polar surface area (TPSA) is 175 Å². The fourth-order valence-corrected chi connectivity index (χ4v) is 1.45. The molecule has 0 heterocycles. The van der Waals surface area contributed by atoms with Gasteiger partial charge in [0, 0.05) is 28.4 Å². The van der Waals surface area contributed by atoms with Crippen molar-refractivity contribution in [3.63, 3.8) is 0 Å². The van der Waals surface area contributed by atoms with Gasteiger partial charge in [-0.15, -0.1) is 0 Å². The second-order valence-electron chi connectivity index (χ2n) is 10.8. The summed E-state index contributed by atoms with van der Waals surface area (Å²) in [5.74, 6) is 0. The van der Waals surface area contributed by atoms with Crippen LogP contribution in [0.15, 0.2) is 0 Å². The number of hydrogen-bond donors (Lipinski definition) is 0. The minimum absolute atomic E-state index is 0. The zero-order chi connectivity index (χ0) is 61.1. The van der Waals surface area contributed by atoms with E-state index in [1.165, 1.54) is 0 Å². The first-order valence-corrected chi connectivity index (χ1v) is 15.5. The molecule has 0 saturated heterocycles. The van der Waals surface area contributed by atoms with E-state index in [0.717, 1.165) is 0 Å². The van der Waals surface area contributed by atoms with Crippen LogP contribution in [-0.2, 0) is 18.9 Å². The Labute approximate surface area is 464 Å². The molecule has 0 bridgehead atoms. The summed E-state index contributed by atoms with van der Waals surface area (Å²) in [5, 5.41) is 55.9. The molecule has 470 valence electrons. The monoisotopic (exact) mass is 1530 g/mol. The third-order valence-electron chi connectivity index (χ3n) is 4.55. The first-order chi connectivity index (χ1) is 30.8. The molecule has 0 aromatic carbocycles. The van der Waals surface area contributed by atoms with E-state index >= 15 is 0 Å². The molecule has 0 N–H and O–H groups in total. The van der Waals surface area contributed by atoms with Crippen molar-refractivity contribution in [2.24, 2.45) is 0 Å². The van der Waals surface area contributed by atoms with Crippen LogP contribution in [0, 0.1) is 93.8 Å². The number of rotatable bonds is 6. The maximum Gasteiger partial charge on any atom is 3.00 e. The predicted octanol–water partition coefficient (Wildman–Crippen LogP) is 5.60. The van der Waals surface area contributed by atoms with Crippen LogP contribution in [-0.4, -0.2) is 166 Å². The van der Waals surface area contributed by atoms with Gasteiger partial charge in [-0.05, 0) is 0 Å². The Morgan fingerprint density at radius 2 is 0.257 bits per heavy atom. The SMILES string of the molecule is COCCOC.COCCOC.[O-]C(C(F)(F)F)C(F)(F)F.[O-]C(C(F)(F)F)C(F)(F)F.[O-]C(C(F)(F)F)C(F)(F)F.[O-]C(C(F)(F)F)C(F)(F)F.[O-]C(C(F)(F)F)C(F)(F)F.[O-]C(C(F)(F)F)C(F)(F)F.[Yb+3].[Yb+3]. The van der Waals surface area contributed by atoms with Gasteiger partial charge in [0.25, 0.3) is 0 Å². The number of methoxy groups -OCH3 is 4. The van der Waals surface area contributed by atoms with E-state index in [2.05, 4.69) is 18.9 Å². The predicted molar refractivity (Wildman–Crippen MR) is 143 cm³/mol. The van der Waals surface area contributed by atoms with E-state index in [1.54, 1.807) is 28.4 Å². The van der Waals surface area contributed by atoms with Gasteiger partial charge in [0.1, 0.15) is 0 Å². The molecule has 0 rings (SSSR count). The molecular weight excluding hydrogens is 1500 g/mol. The normalized spacial score (nSPS) is 13.1. The van der Waals surface area contributed by atoms with Crippen molar-refractivity contribution in [1.29, 1.82) is 0 Å². The van der Waals surface area contributed by atoms with Crippen molar-refractivity contribution in [3.8, 4) is 0 Å². The molecule has 0 amide bonds. The van der Waals surface area contributed by atoms with Gasteiger partial charge >= 0.3 is 168 Å². The summed E-state index contributed by atoms with van der Waals surface area (Å²) in [4.78, 5) is 0. The molecule has 0 fully saturated rings. The maximum atomic E-state index is 10.9. The third-order valence-corrected chi connectivity index (χ3v) is 4.55. The summed E-state index contributed by atoms with van der Waals surface area (Å²) in [6.07, 6.45) is -95.8. The Morgan fingerprint density at radius 1 is 0.203 bits per heavy atom. The van der Waals surface area contributed by atoms with Gasteiger partial charge < -0.3 is 49.6 Å². The standard InChI is InChI=1S/2C4H10O2.6C3HF6O.2Yb/c2*1-5-3-4-6-2;6*4-2(5,6)1(10)3(7,8)9;;/h2*3-4H2,1-2H3;6*1H;;/q;;6*-1;2*+3. The van der Waals surface area contributed by atoms with E-state index in [9.17, 15) is 189 Å². The van der Waals surface area contributed by atoms with Crippen molar-refractivity contribution >= 4 is 0 Å². The molecule has 0 aliphatic carbocycles. The average Bonchev–Trinajstić information content (AvgIpc) is 3.11. The molecule has 0 atom stereocenters. The smallest absolute Gasteiger partial charge is 0.839 e. The number of ether oxygens (including phenoxy) is 4. The van der Waals surface area contributed by atoms with Crippen LogP contribution in [0.1, 0.15) is 0 Å². The molecule has 0 aliphatic rings.